The van der Waals surface area contributed by atoms with Gasteiger partial charge in [-0.25, -0.2) is 8.42 Å². The molecule has 3 fully saturated rings. The Balaban J connectivity index is 1.61. The van der Waals surface area contributed by atoms with Crippen LogP contribution >= 0.6 is 0 Å². The lowest BCUT2D eigenvalue weighted by Crippen LogP contribution is -2.44. The monoisotopic (exact) mass is 369 g/mol. The number of hydrogen-bond acceptors (Lipinski definition) is 3. The van der Waals surface area contributed by atoms with Crippen LogP contribution in [0.4, 0.5) is 0 Å². The van der Waals surface area contributed by atoms with Gasteiger partial charge in [-0.3, -0.25) is 4.99 Å². The molecule has 0 bridgehead atoms. The van der Waals surface area contributed by atoms with Gasteiger partial charge in [0.1, 0.15) is 0 Å². The van der Waals surface area contributed by atoms with Crippen LogP contribution in [0, 0.1) is 17.8 Å². The lowest BCUT2D eigenvalue weighted by atomic mass is 9.97. The molecule has 6 heteroatoms. The minimum Gasteiger partial charge on any atom is -0.354 e. The standard InChI is InChI=1S/C19H35N3O2S/c1-15(2)11-16-7-9-22(13-16)19(21-18-5-3-4-6-18)20-12-17-8-10-25(23,24)14-17/h15-18H,3-14H2,1-2H3,(H,20,21). The second-order valence-corrected chi connectivity index (χ2v) is 11.0. The Labute approximate surface area is 153 Å². The molecule has 2 heterocycles. The van der Waals surface area contributed by atoms with Crippen molar-refractivity contribution >= 4 is 15.8 Å². The van der Waals surface area contributed by atoms with Crippen molar-refractivity contribution in [2.24, 2.45) is 22.7 Å². The van der Waals surface area contributed by atoms with Crippen molar-refractivity contribution in [1.29, 1.82) is 0 Å². The maximum atomic E-state index is 11.7. The zero-order chi connectivity index (χ0) is 17.9. The molecule has 25 heavy (non-hydrogen) atoms. The molecule has 5 nitrogen and oxygen atoms in total. The maximum absolute atomic E-state index is 11.7. The van der Waals surface area contributed by atoms with E-state index < -0.39 is 9.84 Å². The summed E-state index contributed by atoms with van der Waals surface area (Å²) in [6, 6.07) is 0.551. The van der Waals surface area contributed by atoms with E-state index in [-0.39, 0.29) is 5.92 Å². The van der Waals surface area contributed by atoms with E-state index in [4.69, 9.17) is 4.99 Å². The Morgan fingerprint density at radius 1 is 1.16 bits per heavy atom. The predicted molar refractivity (Wildman–Crippen MR) is 104 cm³/mol. The van der Waals surface area contributed by atoms with Gasteiger partial charge in [0.2, 0.25) is 0 Å². The second-order valence-electron chi connectivity index (χ2n) is 8.79. The zero-order valence-electron chi connectivity index (χ0n) is 15.9. The van der Waals surface area contributed by atoms with Crippen LogP contribution in [0.15, 0.2) is 4.99 Å². The maximum Gasteiger partial charge on any atom is 0.194 e. The number of sulfone groups is 1. The van der Waals surface area contributed by atoms with Crippen LogP contribution in [0.2, 0.25) is 0 Å². The molecule has 2 aliphatic heterocycles. The molecule has 2 saturated heterocycles. The quantitative estimate of drug-likeness (QED) is 0.598. The molecule has 1 aliphatic carbocycles. The minimum absolute atomic E-state index is 0.208. The van der Waals surface area contributed by atoms with Gasteiger partial charge in [0.15, 0.2) is 15.8 Å². The molecular weight excluding hydrogens is 334 g/mol. The summed E-state index contributed by atoms with van der Waals surface area (Å²) in [4.78, 5) is 7.32. The molecule has 0 aromatic carbocycles. The van der Waals surface area contributed by atoms with Crippen molar-refractivity contribution in [3.63, 3.8) is 0 Å². The Bertz CT molecular complexity index is 567. The number of hydrogen-bond donors (Lipinski definition) is 1. The Hall–Kier alpha value is -0.780. The molecule has 3 rings (SSSR count). The van der Waals surface area contributed by atoms with Gasteiger partial charge >= 0.3 is 0 Å². The van der Waals surface area contributed by atoms with E-state index in [1.165, 1.54) is 38.5 Å². The first-order valence-corrected chi connectivity index (χ1v) is 12.0. The Kier molecular flexibility index (Phi) is 6.29. The summed E-state index contributed by atoms with van der Waals surface area (Å²) in [5.41, 5.74) is 0. The first kappa shape index (κ1) is 19.0. The van der Waals surface area contributed by atoms with Crippen LogP contribution in [-0.4, -0.2) is 56.5 Å². The van der Waals surface area contributed by atoms with Crippen LogP contribution in [0.3, 0.4) is 0 Å². The topological polar surface area (TPSA) is 61.8 Å². The fraction of sp³-hybridized carbons (Fsp3) is 0.947. The van der Waals surface area contributed by atoms with Crippen LogP contribution < -0.4 is 5.32 Å². The summed E-state index contributed by atoms with van der Waals surface area (Å²) in [6.45, 7) is 7.43. The molecule has 1 saturated carbocycles. The molecule has 3 aliphatic rings. The van der Waals surface area contributed by atoms with Gasteiger partial charge in [0, 0.05) is 25.7 Å². The van der Waals surface area contributed by atoms with Gasteiger partial charge in [-0.2, -0.15) is 0 Å². The van der Waals surface area contributed by atoms with Gasteiger partial charge in [0.25, 0.3) is 0 Å². The van der Waals surface area contributed by atoms with E-state index in [1.807, 2.05) is 0 Å². The number of guanidine groups is 1. The first-order valence-electron chi connectivity index (χ1n) is 10.2. The highest BCUT2D eigenvalue weighted by Crippen LogP contribution is 2.25. The van der Waals surface area contributed by atoms with Crippen molar-refractivity contribution in [3.8, 4) is 0 Å². The van der Waals surface area contributed by atoms with Crippen molar-refractivity contribution in [3.05, 3.63) is 0 Å². The molecular formula is C19H35N3O2S. The van der Waals surface area contributed by atoms with Crippen LogP contribution in [-0.2, 0) is 9.84 Å². The zero-order valence-corrected chi connectivity index (χ0v) is 16.7. The van der Waals surface area contributed by atoms with E-state index in [1.54, 1.807) is 0 Å². The average molecular weight is 370 g/mol. The van der Waals surface area contributed by atoms with Crippen molar-refractivity contribution in [2.75, 3.05) is 31.1 Å². The molecule has 0 aromatic heterocycles. The van der Waals surface area contributed by atoms with E-state index >= 15 is 0 Å². The third-order valence-corrected chi connectivity index (χ3v) is 7.74. The lowest BCUT2D eigenvalue weighted by molar-refractivity contribution is 0.398. The minimum atomic E-state index is -2.81. The average Bonchev–Trinajstić information content (AvgIpc) is 3.24. The number of nitrogens with zero attached hydrogens (tertiary/aromatic N) is 2. The van der Waals surface area contributed by atoms with E-state index in [0.717, 1.165) is 37.3 Å². The molecule has 2 atom stereocenters. The largest absolute Gasteiger partial charge is 0.354 e. The summed E-state index contributed by atoms with van der Waals surface area (Å²) < 4.78 is 23.4. The molecule has 0 radical (unpaired) electrons. The van der Waals surface area contributed by atoms with Crippen molar-refractivity contribution in [1.82, 2.24) is 10.2 Å². The molecule has 0 spiro atoms. The lowest BCUT2D eigenvalue weighted by Gasteiger charge is -2.26. The molecule has 0 amide bonds. The fourth-order valence-corrected chi connectivity index (χ4v) is 6.45. The third-order valence-electron chi connectivity index (χ3n) is 5.90. The van der Waals surface area contributed by atoms with Crippen molar-refractivity contribution < 1.29 is 8.42 Å². The number of rotatable bonds is 5. The molecule has 0 aromatic rings. The van der Waals surface area contributed by atoms with Crippen LogP contribution in [0.5, 0.6) is 0 Å². The normalized spacial score (nSPS) is 30.5. The number of likely N-dealkylation sites (tertiary alicyclic amines) is 1. The molecule has 144 valence electrons. The second kappa shape index (κ2) is 8.28. The summed E-state index contributed by atoms with van der Waals surface area (Å²) in [5.74, 6) is 3.43. The summed E-state index contributed by atoms with van der Waals surface area (Å²) in [6.07, 6.45) is 8.40. The smallest absolute Gasteiger partial charge is 0.194 e. The van der Waals surface area contributed by atoms with Gasteiger partial charge < -0.3 is 10.2 Å². The molecule has 2 unspecified atom stereocenters. The number of aliphatic imine (C=N–C) groups is 1. The van der Waals surface area contributed by atoms with Crippen LogP contribution in [0.1, 0.15) is 58.8 Å². The Morgan fingerprint density at radius 3 is 2.56 bits per heavy atom. The highest BCUT2D eigenvalue weighted by atomic mass is 32.2. The van der Waals surface area contributed by atoms with E-state index in [9.17, 15) is 8.42 Å². The highest BCUT2D eigenvalue weighted by Gasteiger charge is 2.30. The van der Waals surface area contributed by atoms with Gasteiger partial charge in [-0.05, 0) is 49.9 Å². The Morgan fingerprint density at radius 2 is 1.92 bits per heavy atom. The highest BCUT2D eigenvalue weighted by molar-refractivity contribution is 7.91. The summed E-state index contributed by atoms with van der Waals surface area (Å²) >= 11 is 0. The van der Waals surface area contributed by atoms with E-state index in [0.29, 0.717) is 24.1 Å². The van der Waals surface area contributed by atoms with E-state index in [2.05, 4.69) is 24.1 Å². The number of nitrogens with one attached hydrogen (secondary N) is 1. The third kappa shape index (κ3) is 5.60. The van der Waals surface area contributed by atoms with Crippen LogP contribution in [0.25, 0.3) is 0 Å². The first-order chi connectivity index (χ1) is 11.9. The fourth-order valence-electron chi connectivity index (χ4n) is 4.61. The van der Waals surface area contributed by atoms with Gasteiger partial charge in [0.05, 0.1) is 11.5 Å². The summed E-state index contributed by atoms with van der Waals surface area (Å²) in [5, 5.41) is 3.70. The van der Waals surface area contributed by atoms with Gasteiger partial charge in [-0.15, -0.1) is 0 Å². The van der Waals surface area contributed by atoms with Gasteiger partial charge in [-0.1, -0.05) is 26.7 Å². The predicted octanol–water partition coefficient (Wildman–Crippen LogP) is 2.68. The molecule has 1 N–H and O–H groups in total. The van der Waals surface area contributed by atoms with Crippen molar-refractivity contribution in [2.45, 2.75) is 64.8 Å². The summed E-state index contributed by atoms with van der Waals surface area (Å²) in [7, 11) is -2.81. The SMILES string of the molecule is CC(C)CC1CCN(C(=NCC2CCS(=O)(=O)C2)NC2CCCC2)C1.